The molecule has 1 heterocycles. The molecule has 4 nitrogen and oxygen atoms in total. The Morgan fingerprint density at radius 1 is 1.35 bits per heavy atom. The molecule has 0 radical (unpaired) electrons. The monoisotopic (exact) mass is 232 g/mol. The van der Waals surface area contributed by atoms with Crippen molar-refractivity contribution in [2.45, 2.75) is 6.92 Å². The fraction of sp³-hybridized carbons (Fsp3) is 0.308. The molecule has 0 N–H and O–H groups in total. The third-order valence-corrected chi connectivity index (χ3v) is 2.55. The van der Waals surface area contributed by atoms with Gasteiger partial charge in [0.2, 0.25) is 0 Å². The molecule has 2 aromatic rings. The molecule has 0 aliphatic carbocycles. The molecule has 0 fully saturated rings. The summed E-state index contributed by atoms with van der Waals surface area (Å²) in [7, 11) is 3.59. The highest BCUT2D eigenvalue weighted by atomic mass is 16.5. The first kappa shape index (κ1) is 11.5. The van der Waals surface area contributed by atoms with Gasteiger partial charge in [0.1, 0.15) is 5.82 Å². The summed E-state index contributed by atoms with van der Waals surface area (Å²) in [6, 6.07) is 5.80. The molecule has 0 amide bonds. The number of aromatic nitrogens is 2. The Labute approximate surface area is 101 Å². The van der Waals surface area contributed by atoms with E-state index in [1.54, 1.807) is 13.3 Å². The second-order valence-corrected chi connectivity index (χ2v) is 3.63. The van der Waals surface area contributed by atoms with Gasteiger partial charge in [-0.05, 0) is 19.1 Å². The van der Waals surface area contributed by atoms with Crippen LogP contribution in [-0.2, 0) is 7.05 Å². The number of benzene rings is 1. The fourth-order valence-corrected chi connectivity index (χ4v) is 1.77. The fourth-order valence-electron chi connectivity index (χ4n) is 1.77. The molecule has 0 saturated carbocycles. The number of aryl methyl sites for hydroxylation is 1. The second-order valence-electron chi connectivity index (χ2n) is 3.63. The van der Waals surface area contributed by atoms with Crippen LogP contribution in [0.4, 0.5) is 0 Å². The molecule has 0 spiro atoms. The van der Waals surface area contributed by atoms with Crippen LogP contribution in [-0.4, -0.2) is 23.3 Å². The van der Waals surface area contributed by atoms with Gasteiger partial charge < -0.3 is 14.0 Å². The second kappa shape index (κ2) is 4.91. The molecule has 0 unspecified atom stereocenters. The lowest BCUT2D eigenvalue weighted by Gasteiger charge is -2.13. The van der Waals surface area contributed by atoms with Crippen molar-refractivity contribution in [1.82, 2.24) is 9.55 Å². The van der Waals surface area contributed by atoms with Crippen molar-refractivity contribution in [3.63, 3.8) is 0 Å². The lowest BCUT2D eigenvalue weighted by Crippen LogP contribution is -2.00. The van der Waals surface area contributed by atoms with E-state index in [2.05, 4.69) is 4.98 Å². The van der Waals surface area contributed by atoms with Gasteiger partial charge in [-0.25, -0.2) is 4.98 Å². The third kappa shape index (κ3) is 2.11. The van der Waals surface area contributed by atoms with Gasteiger partial charge in [-0.2, -0.15) is 0 Å². The van der Waals surface area contributed by atoms with Crippen molar-refractivity contribution >= 4 is 0 Å². The highest BCUT2D eigenvalue weighted by molar-refractivity contribution is 5.69. The molecule has 0 aliphatic rings. The quantitative estimate of drug-likeness (QED) is 0.812. The zero-order valence-corrected chi connectivity index (χ0v) is 10.3. The normalized spacial score (nSPS) is 10.3. The molecule has 1 aromatic heterocycles. The van der Waals surface area contributed by atoms with E-state index in [-0.39, 0.29) is 0 Å². The predicted molar refractivity (Wildman–Crippen MR) is 66.4 cm³/mol. The molecule has 0 aliphatic heterocycles. The zero-order chi connectivity index (χ0) is 12.3. The SMILES string of the molecule is CCOc1c(OC)cccc1-c1nccn1C. The molecular formula is C13H16N2O2. The first-order valence-corrected chi connectivity index (χ1v) is 5.55. The number of nitrogens with zero attached hydrogens (tertiary/aromatic N) is 2. The highest BCUT2D eigenvalue weighted by Crippen LogP contribution is 2.36. The highest BCUT2D eigenvalue weighted by Gasteiger charge is 2.14. The van der Waals surface area contributed by atoms with Gasteiger partial charge in [0.25, 0.3) is 0 Å². The van der Waals surface area contributed by atoms with Gasteiger partial charge >= 0.3 is 0 Å². The lowest BCUT2D eigenvalue weighted by molar-refractivity contribution is 0.312. The topological polar surface area (TPSA) is 36.3 Å². The van der Waals surface area contributed by atoms with Crippen molar-refractivity contribution in [2.24, 2.45) is 7.05 Å². The molecular weight excluding hydrogens is 216 g/mol. The van der Waals surface area contributed by atoms with Crippen molar-refractivity contribution in [3.8, 4) is 22.9 Å². The van der Waals surface area contributed by atoms with Gasteiger partial charge in [-0.15, -0.1) is 0 Å². The van der Waals surface area contributed by atoms with Crippen LogP contribution < -0.4 is 9.47 Å². The Kier molecular flexibility index (Phi) is 3.32. The largest absolute Gasteiger partial charge is 0.493 e. The Bertz CT molecular complexity index is 506. The first-order chi connectivity index (χ1) is 8.27. The van der Waals surface area contributed by atoms with Gasteiger partial charge in [0, 0.05) is 19.4 Å². The zero-order valence-electron chi connectivity index (χ0n) is 10.3. The number of hydrogen-bond donors (Lipinski definition) is 0. The predicted octanol–water partition coefficient (Wildman–Crippen LogP) is 2.49. The Morgan fingerprint density at radius 2 is 2.18 bits per heavy atom. The molecule has 0 bridgehead atoms. The summed E-state index contributed by atoms with van der Waals surface area (Å²) in [5.41, 5.74) is 0.943. The van der Waals surface area contributed by atoms with Crippen LogP contribution in [0.3, 0.4) is 0 Å². The minimum atomic E-state index is 0.595. The Balaban J connectivity index is 2.57. The molecule has 1 aromatic carbocycles. The maximum absolute atomic E-state index is 5.66. The van der Waals surface area contributed by atoms with Crippen LogP contribution in [0.5, 0.6) is 11.5 Å². The van der Waals surface area contributed by atoms with E-state index in [1.807, 2.05) is 42.9 Å². The number of hydrogen-bond acceptors (Lipinski definition) is 3. The molecule has 17 heavy (non-hydrogen) atoms. The number of methoxy groups -OCH3 is 1. The van der Waals surface area contributed by atoms with E-state index in [1.165, 1.54) is 0 Å². The summed E-state index contributed by atoms with van der Waals surface area (Å²) in [4.78, 5) is 4.33. The van der Waals surface area contributed by atoms with Gasteiger partial charge in [0.05, 0.1) is 19.3 Å². The Morgan fingerprint density at radius 3 is 2.76 bits per heavy atom. The minimum Gasteiger partial charge on any atom is -0.493 e. The first-order valence-electron chi connectivity index (χ1n) is 5.55. The van der Waals surface area contributed by atoms with Crippen LogP contribution in [0.15, 0.2) is 30.6 Å². The maximum atomic E-state index is 5.66. The van der Waals surface area contributed by atoms with Gasteiger partial charge in [-0.1, -0.05) is 6.07 Å². The molecule has 0 atom stereocenters. The van der Waals surface area contributed by atoms with Crippen molar-refractivity contribution in [3.05, 3.63) is 30.6 Å². The average Bonchev–Trinajstić information content (AvgIpc) is 2.76. The van der Waals surface area contributed by atoms with E-state index in [4.69, 9.17) is 9.47 Å². The van der Waals surface area contributed by atoms with Gasteiger partial charge in [0.15, 0.2) is 11.5 Å². The standard InChI is InChI=1S/C13H16N2O2/c1-4-17-12-10(6-5-7-11(12)16-3)13-14-8-9-15(13)2/h5-9H,4H2,1-3H3. The van der Waals surface area contributed by atoms with Crippen molar-refractivity contribution in [2.75, 3.05) is 13.7 Å². The smallest absolute Gasteiger partial charge is 0.172 e. The Hall–Kier alpha value is -1.97. The van der Waals surface area contributed by atoms with E-state index in [0.717, 1.165) is 22.9 Å². The van der Waals surface area contributed by atoms with E-state index < -0.39 is 0 Å². The molecule has 4 heteroatoms. The van der Waals surface area contributed by atoms with Crippen molar-refractivity contribution in [1.29, 1.82) is 0 Å². The average molecular weight is 232 g/mol. The summed E-state index contributed by atoms with van der Waals surface area (Å²) in [6.07, 6.45) is 3.68. The van der Waals surface area contributed by atoms with Crippen LogP contribution >= 0.6 is 0 Å². The maximum Gasteiger partial charge on any atom is 0.172 e. The van der Waals surface area contributed by atoms with Crippen LogP contribution in [0, 0.1) is 0 Å². The van der Waals surface area contributed by atoms with Gasteiger partial charge in [-0.3, -0.25) is 0 Å². The van der Waals surface area contributed by atoms with Crippen LogP contribution in [0.25, 0.3) is 11.4 Å². The summed E-state index contributed by atoms with van der Waals surface area (Å²) in [5, 5.41) is 0. The number of imidazole rings is 1. The third-order valence-electron chi connectivity index (χ3n) is 2.55. The minimum absolute atomic E-state index is 0.595. The number of ether oxygens (including phenoxy) is 2. The van der Waals surface area contributed by atoms with Crippen molar-refractivity contribution < 1.29 is 9.47 Å². The summed E-state index contributed by atoms with van der Waals surface area (Å²) in [5.74, 6) is 2.34. The number of rotatable bonds is 4. The number of para-hydroxylation sites is 1. The van der Waals surface area contributed by atoms with E-state index >= 15 is 0 Å². The van der Waals surface area contributed by atoms with E-state index in [0.29, 0.717) is 6.61 Å². The van der Waals surface area contributed by atoms with Crippen LogP contribution in [0.1, 0.15) is 6.92 Å². The summed E-state index contributed by atoms with van der Waals surface area (Å²) < 4.78 is 12.9. The molecule has 0 saturated heterocycles. The van der Waals surface area contributed by atoms with E-state index in [9.17, 15) is 0 Å². The lowest BCUT2D eigenvalue weighted by atomic mass is 10.1. The molecule has 90 valence electrons. The molecule has 2 rings (SSSR count). The summed E-state index contributed by atoms with van der Waals surface area (Å²) in [6.45, 7) is 2.55. The van der Waals surface area contributed by atoms with Crippen LogP contribution in [0.2, 0.25) is 0 Å². The summed E-state index contributed by atoms with van der Waals surface area (Å²) >= 11 is 0.